The van der Waals surface area contributed by atoms with Crippen LogP contribution in [0.15, 0.2) is 30.3 Å². The first-order valence-electron chi connectivity index (χ1n) is 9.91. The van der Waals surface area contributed by atoms with Gasteiger partial charge in [0.1, 0.15) is 5.75 Å². The highest BCUT2D eigenvalue weighted by Gasteiger charge is 2.35. The molecule has 3 aliphatic rings. The lowest BCUT2D eigenvalue weighted by Crippen LogP contribution is -2.60. The molecule has 1 aromatic carbocycles. The first-order valence-corrected chi connectivity index (χ1v) is 9.91. The third-order valence-corrected chi connectivity index (χ3v) is 6.11. The maximum absolute atomic E-state index is 10.2. The van der Waals surface area contributed by atoms with E-state index in [1.54, 1.807) is 6.07 Å². The molecule has 3 N–H and O–H groups in total. The Balaban J connectivity index is 1.40. The molecular formula is C20H26N6O. The molecule has 1 atom stereocenters. The number of hydrogen-bond acceptors (Lipinski definition) is 7. The molecule has 7 nitrogen and oxygen atoms in total. The van der Waals surface area contributed by atoms with Gasteiger partial charge in [0.05, 0.1) is 17.4 Å². The van der Waals surface area contributed by atoms with Gasteiger partial charge in [0.15, 0.2) is 5.82 Å². The Hall–Kier alpha value is -2.38. The van der Waals surface area contributed by atoms with Gasteiger partial charge in [-0.3, -0.25) is 4.90 Å². The number of nitrogens with one attached hydrogen (secondary N) is 2. The molecular weight excluding hydrogens is 340 g/mol. The highest BCUT2D eigenvalue weighted by Crippen LogP contribution is 2.36. The van der Waals surface area contributed by atoms with Crippen molar-refractivity contribution in [2.24, 2.45) is 0 Å². The van der Waals surface area contributed by atoms with Gasteiger partial charge in [-0.2, -0.15) is 0 Å². The lowest BCUT2D eigenvalue weighted by atomic mass is 10.00. The predicted octanol–water partition coefficient (Wildman–Crippen LogP) is 1.52. The zero-order valence-electron chi connectivity index (χ0n) is 15.4. The second-order valence-electron chi connectivity index (χ2n) is 7.68. The number of benzene rings is 1. The normalized spacial score (nSPS) is 23.4. The summed E-state index contributed by atoms with van der Waals surface area (Å²) in [5.74, 6) is 1.09. The standard InChI is InChI=1S/C20H26N6O/c27-19-4-2-1-3-16(19)17-11-18-20(24-23-17)22-12-15-13-25(9-10-26(15)18)14-5-7-21-8-6-14/h1-4,11,14-15,21,27H,5-10,12-13H2,(H,22,24)/t15-/m0/s1. The van der Waals surface area contributed by atoms with Crippen molar-refractivity contribution in [3.8, 4) is 17.0 Å². The minimum Gasteiger partial charge on any atom is -0.507 e. The summed E-state index contributed by atoms with van der Waals surface area (Å²) in [6.07, 6.45) is 2.50. The zero-order valence-corrected chi connectivity index (χ0v) is 15.4. The Morgan fingerprint density at radius 2 is 1.89 bits per heavy atom. The van der Waals surface area contributed by atoms with Gasteiger partial charge < -0.3 is 20.6 Å². The lowest BCUT2D eigenvalue weighted by molar-refractivity contribution is 0.135. The molecule has 3 aliphatic heterocycles. The zero-order chi connectivity index (χ0) is 18.2. The summed E-state index contributed by atoms with van der Waals surface area (Å²) >= 11 is 0. The molecule has 0 radical (unpaired) electrons. The van der Waals surface area contributed by atoms with Crippen LogP contribution in [-0.4, -0.2) is 71.6 Å². The second kappa shape index (κ2) is 6.98. The lowest BCUT2D eigenvalue weighted by Gasteiger charge is -2.48. The highest BCUT2D eigenvalue weighted by atomic mass is 16.3. The molecule has 0 unspecified atom stereocenters. The van der Waals surface area contributed by atoms with Crippen molar-refractivity contribution in [1.29, 1.82) is 0 Å². The highest BCUT2D eigenvalue weighted by molar-refractivity contribution is 5.76. The smallest absolute Gasteiger partial charge is 0.172 e. The van der Waals surface area contributed by atoms with Crippen molar-refractivity contribution in [1.82, 2.24) is 20.4 Å². The topological polar surface area (TPSA) is 76.5 Å². The van der Waals surface area contributed by atoms with Crippen LogP contribution in [0, 0.1) is 0 Å². The Labute approximate surface area is 159 Å². The van der Waals surface area contributed by atoms with Crippen LogP contribution in [0.2, 0.25) is 0 Å². The van der Waals surface area contributed by atoms with Crippen LogP contribution in [0.3, 0.4) is 0 Å². The molecule has 0 amide bonds. The number of piperidine rings is 1. The average Bonchev–Trinajstić information content (AvgIpc) is 2.74. The summed E-state index contributed by atoms with van der Waals surface area (Å²) in [4.78, 5) is 5.15. The molecule has 0 saturated carbocycles. The molecule has 142 valence electrons. The van der Waals surface area contributed by atoms with E-state index in [2.05, 4.69) is 36.7 Å². The van der Waals surface area contributed by atoms with Crippen molar-refractivity contribution in [3.63, 3.8) is 0 Å². The summed E-state index contributed by atoms with van der Waals surface area (Å²) in [5, 5.41) is 25.8. The quantitative estimate of drug-likeness (QED) is 0.744. The van der Waals surface area contributed by atoms with Crippen molar-refractivity contribution in [2.75, 3.05) is 49.5 Å². The van der Waals surface area contributed by atoms with Gasteiger partial charge >= 0.3 is 0 Å². The Morgan fingerprint density at radius 1 is 1.04 bits per heavy atom. The number of rotatable bonds is 2. The average molecular weight is 366 g/mol. The number of phenols is 1. The minimum absolute atomic E-state index is 0.239. The van der Waals surface area contributed by atoms with Crippen LogP contribution < -0.4 is 15.5 Å². The summed E-state index contributed by atoms with van der Waals surface area (Å²) in [5.41, 5.74) is 2.54. The van der Waals surface area contributed by atoms with E-state index in [1.807, 2.05) is 18.2 Å². The van der Waals surface area contributed by atoms with Gasteiger partial charge in [0, 0.05) is 37.8 Å². The number of nitrogens with zero attached hydrogens (tertiary/aromatic N) is 4. The number of para-hydroxylation sites is 1. The number of hydrogen-bond donors (Lipinski definition) is 3. The van der Waals surface area contributed by atoms with Gasteiger partial charge in [-0.05, 0) is 44.1 Å². The number of aromatic nitrogens is 2. The maximum atomic E-state index is 10.2. The molecule has 0 aliphatic carbocycles. The van der Waals surface area contributed by atoms with Crippen LogP contribution in [0.4, 0.5) is 11.5 Å². The van der Waals surface area contributed by atoms with Gasteiger partial charge in [-0.25, -0.2) is 0 Å². The molecule has 7 heteroatoms. The minimum atomic E-state index is 0.239. The van der Waals surface area contributed by atoms with E-state index in [0.29, 0.717) is 12.1 Å². The molecule has 0 bridgehead atoms. The van der Waals surface area contributed by atoms with Gasteiger partial charge in [-0.1, -0.05) is 12.1 Å². The second-order valence-corrected chi connectivity index (χ2v) is 7.68. The van der Waals surface area contributed by atoms with Crippen LogP contribution in [0.25, 0.3) is 11.3 Å². The summed E-state index contributed by atoms with van der Waals surface area (Å²) in [7, 11) is 0. The number of phenolic OH excluding ortho intramolecular Hbond substituents is 1. The third-order valence-electron chi connectivity index (χ3n) is 6.11. The largest absolute Gasteiger partial charge is 0.507 e. The first-order chi connectivity index (χ1) is 13.3. The van der Waals surface area contributed by atoms with E-state index >= 15 is 0 Å². The van der Waals surface area contributed by atoms with E-state index < -0.39 is 0 Å². The fraction of sp³-hybridized carbons (Fsp3) is 0.500. The number of fused-ring (bicyclic) bond motifs is 3. The fourth-order valence-electron chi connectivity index (χ4n) is 4.64. The monoisotopic (exact) mass is 366 g/mol. The van der Waals surface area contributed by atoms with Crippen molar-refractivity contribution in [2.45, 2.75) is 24.9 Å². The fourth-order valence-corrected chi connectivity index (χ4v) is 4.64. The molecule has 1 aromatic heterocycles. The Bertz CT molecular complexity index is 822. The van der Waals surface area contributed by atoms with Gasteiger partial charge in [0.2, 0.25) is 0 Å². The molecule has 2 saturated heterocycles. The van der Waals surface area contributed by atoms with E-state index in [0.717, 1.165) is 62.0 Å². The molecule has 4 heterocycles. The number of piperazine rings is 1. The Morgan fingerprint density at radius 3 is 2.74 bits per heavy atom. The molecule has 2 aromatic rings. The maximum Gasteiger partial charge on any atom is 0.172 e. The van der Waals surface area contributed by atoms with Crippen molar-refractivity contribution >= 4 is 11.5 Å². The predicted molar refractivity (Wildman–Crippen MR) is 106 cm³/mol. The van der Waals surface area contributed by atoms with Crippen LogP contribution in [-0.2, 0) is 0 Å². The number of aromatic hydroxyl groups is 1. The van der Waals surface area contributed by atoms with Crippen LogP contribution in [0.1, 0.15) is 12.8 Å². The summed E-state index contributed by atoms with van der Waals surface area (Å²) in [6.45, 7) is 6.36. The van der Waals surface area contributed by atoms with Gasteiger partial charge in [0.25, 0.3) is 0 Å². The van der Waals surface area contributed by atoms with E-state index in [1.165, 1.54) is 12.8 Å². The van der Waals surface area contributed by atoms with Crippen molar-refractivity contribution in [3.05, 3.63) is 30.3 Å². The van der Waals surface area contributed by atoms with Crippen LogP contribution in [0.5, 0.6) is 5.75 Å². The van der Waals surface area contributed by atoms with E-state index in [4.69, 9.17) is 0 Å². The SMILES string of the molecule is Oc1ccccc1-c1cc2c(nn1)NC[C@H]1CN(C3CCNCC3)CCN21. The van der Waals surface area contributed by atoms with Crippen LogP contribution >= 0.6 is 0 Å². The molecule has 0 spiro atoms. The molecule has 2 fully saturated rings. The van der Waals surface area contributed by atoms with E-state index in [9.17, 15) is 5.11 Å². The Kier molecular flexibility index (Phi) is 4.33. The molecule has 27 heavy (non-hydrogen) atoms. The third kappa shape index (κ3) is 3.11. The van der Waals surface area contributed by atoms with Crippen molar-refractivity contribution < 1.29 is 5.11 Å². The van der Waals surface area contributed by atoms with Gasteiger partial charge in [-0.15, -0.1) is 10.2 Å². The number of anilines is 2. The first kappa shape index (κ1) is 16.8. The molecule has 5 rings (SSSR count). The van der Waals surface area contributed by atoms with E-state index in [-0.39, 0.29) is 5.75 Å². The summed E-state index contributed by atoms with van der Waals surface area (Å²) < 4.78 is 0. The summed E-state index contributed by atoms with van der Waals surface area (Å²) in [6, 6.07) is 10.5.